The molecule has 6 heteroatoms. The van der Waals surface area contributed by atoms with Gasteiger partial charge in [-0.25, -0.2) is 0 Å². The Bertz CT molecular complexity index is 665. The van der Waals surface area contributed by atoms with Crippen molar-refractivity contribution in [1.29, 1.82) is 0 Å². The summed E-state index contributed by atoms with van der Waals surface area (Å²) in [6.07, 6.45) is 9.50. The van der Waals surface area contributed by atoms with Crippen molar-refractivity contribution in [2.45, 2.75) is 64.1 Å². The zero-order valence-corrected chi connectivity index (χ0v) is 21.0. The third kappa shape index (κ3) is 6.33. The number of hydrogen-bond donors (Lipinski definition) is 1. The van der Waals surface area contributed by atoms with Crippen molar-refractivity contribution >= 4 is 29.9 Å². The van der Waals surface area contributed by atoms with Gasteiger partial charge in [0, 0.05) is 39.3 Å². The molecular weight excluding hydrogens is 485 g/mol. The maximum atomic E-state index is 4.61. The van der Waals surface area contributed by atoms with Crippen LogP contribution in [-0.2, 0) is 13.1 Å². The van der Waals surface area contributed by atoms with Gasteiger partial charge in [-0.15, -0.1) is 24.0 Å². The number of benzene rings is 1. The zero-order chi connectivity index (χ0) is 19.9. The van der Waals surface area contributed by atoms with E-state index >= 15 is 0 Å². The molecule has 3 heterocycles. The van der Waals surface area contributed by atoms with Gasteiger partial charge in [-0.3, -0.25) is 14.8 Å². The number of nitrogens with one attached hydrogen (secondary N) is 1. The molecule has 5 nitrogen and oxygen atoms in total. The van der Waals surface area contributed by atoms with Crippen LogP contribution in [0.1, 0.15) is 56.1 Å². The van der Waals surface area contributed by atoms with Crippen LogP contribution in [0.5, 0.6) is 0 Å². The van der Waals surface area contributed by atoms with Crippen molar-refractivity contribution in [1.82, 2.24) is 20.0 Å². The molecule has 3 aliphatic rings. The van der Waals surface area contributed by atoms with E-state index in [2.05, 4.69) is 49.3 Å². The minimum atomic E-state index is 0. The van der Waals surface area contributed by atoms with Gasteiger partial charge in [-0.05, 0) is 69.4 Å². The number of halogens is 1. The summed E-state index contributed by atoms with van der Waals surface area (Å²) in [7, 11) is 1.93. The lowest BCUT2D eigenvalue weighted by molar-refractivity contribution is 0.249. The van der Waals surface area contributed by atoms with E-state index in [4.69, 9.17) is 0 Å². The lowest BCUT2D eigenvalue weighted by Gasteiger charge is -2.26. The molecule has 0 bridgehead atoms. The van der Waals surface area contributed by atoms with Crippen LogP contribution in [0, 0.1) is 0 Å². The summed E-state index contributed by atoms with van der Waals surface area (Å²) in [5.41, 5.74) is 2.88. The second kappa shape index (κ2) is 12.2. The van der Waals surface area contributed by atoms with E-state index in [9.17, 15) is 0 Å². The Morgan fingerprint density at radius 2 is 1.60 bits per heavy atom. The molecule has 4 rings (SSSR count). The predicted molar refractivity (Wildman–Crippen MR) is 137 cm³/mol. The van der Waals surface area contributed by atoms with E-state index in [1.165, 1.54) is 82.3 Å². The van der Waals surface area contributed by atoms with Crippen LogP contribution in [-0.4, -0.2) is 73.0 Å². The third-order valence-corrected chi connectivity index (χ3v) is 6.98. The molecule has 0 aliphatic carbocycles. The summed E-state index contributed by atoms with van der Waals surface area (Å²) in [5.74, 6) is 1.07. The van der Waals surface area contributed by atoms with Crippen LogP contribution in [0.25, 0.3) is 0 Å². The fraction of sp³-hybridized carbons (Fsp3) is 0.708. The van der Waals surface area contributed by atoms with Gasteiger partial charge < -0.3 is 10.2 Å². The molecule has 1 aromatic rings. The van der Waals surface area contributed by atoms with Crippen molar-refractivity contribution < 1.29 is 0 Å². The maximum absolute atomic E-state index is 4.61. The SMILES string of the molecule is CN=C(NCc1ccccc1CN1CCCCCC1)N1CCC(N2CCCC2)C1.I. The molecule has 0 saturated carbocycles. The Kier molecular flexibility index (Phi) is 9.71. The van der Waals surface area contributed by atoms with Gasteiger partial charge in [0.15, 0.2) is 5.96 Å². The van der Waals surface area contributed by atoms with Crippen LogP contribution in [0.2, 0.25) is 0 Å². The van der Waals surface area contributed by atoms with E-state index in [1.807, 2.05) is 7.05 Å². The first-order chi connectivity index (χ1) is 14.3. The Morgan fingerprint density at radius 3 is 2.30 bits per heavy atom. The minimum Gasteiger partial charge on any atom is -0.352 e. The van der Waals surface area contributed by atoms with Gasteiger partial charge >= 0.3 is 0 Å². The highest BCUT2D eigenvalue weighted by molar-refractivity contribution is 14.0. The van der Waals surface area contributed by atoms with Crippen molar-refractivity contribution in [2.75, 3.05) is 46.3 Å². The number of rotatable bonds is 5. The Balaban J connectivity index is 0.00000256. The highest BCUT2D eigenvalue weighted by atomic mass is 127. The quantitative estimate of drug-likeness (QED) is 0.359. The van der Waals surface area contributed by atoms with Crippen LogP contribution in [0.3, 0.4) is 0 Å². The number of guanidine groups is 1. The van der Waals surface area contributed by atoms with Crippen molar-refractivity contribution in [3.05, 3.63) is 35.4 Å². The molecule has 0 radical (unpaired) electrons. The van der Waals surface area contributed by atoms with Gasteiger partial charge in [0.25, 0.3) is 0 Å². The topological polar surface area (TPSA) is 34.1 Å². The third-order valence-electron chi connectivity index (χ3n) is 6.98. The largest absolute Gasteiger partial charge is 0.352 e. The molecule has 0 amide bonds. The van der Waals surface area contributed by atoms with Crippen LogP contribution < -0.4 is 5.32 Å². The molecule has 1 aromatic carbocycles. The summed E-state index contributed by atoms with van der Waals surface area (Å²) < 4.78 is 0. The Morgan fingerprint density at radius 1 is 0.933 bits per heavy atom. The standard InChI is InChI=1S/C24H39N5.HI/c1-25-24(29-17-12-23(20-29)28-15-8-9-16-28)26-18-21-10-4-5-11-22(21)19-27-13-6-2-3-7-14-27;/h4-5,10-11,23H,2-3,6-9,12-20H2,1H3,(H,25,26);1H. The van der Waals surface area contributed by atoms with Crippen molar-refractivity contribution in [3.8, 4) is 0 Å². The summed E-state index contributed by atoms with van der Waals surface area (Å²) in [4.78, 5) is 12.4. The van der Waals surface area contributed by atoms with Crippen molar-refractivity contribution in [2.24, 2.45) is 4.99 Å². The second-order valence-corrected chi connectivity index (χ2v) is 8.99. The first-order valence-electron chi connectivity index (χ1n) is 11.8. The van der Waals surface area contributed by atoms with Crippen LogP contribution >= 0.6 is 24.0 Å². The average Bonchev–Trinajstić information content (AvgIpc) is 3.38. The van der Waals surface area contributed by atoms with E-state index in [0.29, 0.717) is 6.04 Å². The summed E-state index contributed by atoms with van der Waals surface area (Å²) in [6, 6.07) is 9.66. The first-order valence-corrected chi connectivity index (χ1v) is 11.8. The minimum absolute atomic E-state index is 0. The molecule has 1 atom stereocenters. The summed E-state index contributed by atoms with van der Waals surface area (Å²) in [5, 5.41) is 3.67. The Labute approximate surface area is 200 Å². The average molecular weight is 526 g/mol. The lowest BCUT2D eigenvalue weighted by Crippen LogP contribution is -2.42. The molecule has 1 unspecified atom stereocenters. The smallest absolute Gasteiger partial charge is 0.193 e. The molecule has 0 aromatic heterocycles. The number of likely N-dealkylation sites (tertiary alicyclic amines) is 3. The maximum Gasteiger partial charge on any atom is 0.193 e. The molecule has 3 saturated heterocycles. The lowest BCUT2D eigenvalue weighted by atomic mass is 10.1. The second-order valence-electron chi connectivity index (χ2n) is 8.99. The van der Waals surface area contributed by atoms with Crippen molar-refractivity contribution in [3.63, 3.8) is 0 Å². The predicted octanol–water partition coefficient (Wildman–Crippen LogP) is 3.93. The van der Waals surface area contributed by atoms with Gasteiger partial charge in [0.2, 0.25) is 0 Å². The fourth-order valence-electron chi connectivity index (χ4n) is 5.26. The number of hydrogen-bond acceptors (Lipinski definition) is 3. The molecule has 0 spiro atoms. The molecule has 3 aliphatic heterocycles. The zero-order valence-electron chi connectivity index (χ0n) is 18.7. The monoisotopic (exact) mass is 525 g/mol. The normalized spacial score (nSPS) is 24.0. The van der Waals surface area contributed by atoms with E-state index in [0.717, 1.165) is 32.1 Å². The molecule has 1 N–H and O–H groups in total. The number of nitrogens with zero attached hydrogens (tertiary/aromatic N) is 4. The van der Waals surface area contributed by atoms with E-state index in [-0.39, 0.29) is 24.0 Å². The molecular formula is C24H40IN5. The fourth-order valence-corrected chi connectivity index (χ4v) is 5.26. The van der Waals surface area contributed by atoms with E-state index < -0.39 is 0 Å². The van der Waals surface area contributed by atoms with Crippen LogP contribution in [0.15, 0.2) is 29.3 Å². The number of aliphatic imine (C=N–C) groups is 1. The summed E-state index contributed by atoms with van der Waals surface area (Å²) in [6.45, 7) is 9.25. The van der Waals surface area contributed by atoms with Crippen LogP contribution in [0.4, 0.5) is 0 Å². The molecule has 30 heavy (non-hydrogen) atoms. The van der Waals surface area contributed by atoms with Gasteiger partial charge in [0.05, 0.1) is 0 Å². The van der Waals surface area contributed by atoms with Gasteiger partial charge in [-0.2, -0.15) is 0 Å². The van der Waals surface area contributed by atoms with Gasteiger partial charge in [-0.1, -0.05) is 37.1 Å². The summed E-state index contributed by atoms with van der Waals surface area (Å²) >= 11 is 0. The first kappa shape index (κ1) is 23.8. The van der Waals surface area contributed by atoms with E-state index in [1.54, 1.807) is 0 Å². The van der Waals surface area contributed by atoms with Gasteiger partial charge in [0.1, 0.15) is 0 Å². The molecule has 168 valence electrons. The molecule has 3 fully saturated rings. The highest BCUT2D eigenvalue weighted by Gasteiger charge is 2.30. The Hall–Kier alpha value is -0.860. The highest BCUT2D eigenvalue weighted by Crippen LogP contribution is 2.21.